The van der Waals surface area contributed by atoms with E-state index in [1.807, 2.05) is 36.4 Å². The first-order valence-electron chi connectivity index (χ1n) is 5.39. The smallest absolute Gasteiger partial charge is 0.0423 e. The Morgan fingerprint density at radius 1 is 1.00 bits per heavy atom. The van der Waals surface area contributed by atoms with Gasteiger partial charge in [0.05, 0.1) is 0 Å². The van der Waals surface area contributed by atoms with Gasteiger partial charge in [0.25, 0.3) is 0 Å². The van der Waals surface area contributed by atoms with E-state index < -0.39 is 0 Å². The quantitative estimate of drug-likeness (QED) is 0.861. The van der Waals surface area contributed by atoms with Gasteiger partial charge < -0.3 is 5.32 Å². The Morgan fingerprint density at radius 3 is 2.29 bits per heavy atom. The van der Waals surface area contributed by atoms with Crippen molar-refractivity contribution >= 4 is 28.9 Å². The maximum absolute atomic E-state index is 5.94. The molecule has 0 atom stereocenters. The fourth-order valence-corrected chi connectivity index (χ4v) is 2.18. The van der Waals surface area contributed by atoms with Crippen molar-refractivity contribution in [2.75, 3.05) is 11.9 Å². The SMILES string of the molecule is Clc1cc(Cl)cc(CCNc2cc[c]cc2)c1. The molecule has 0 heterocycles. The highest BCUT2D eigenvalue weighted by Crippen LogP contribution is 2.19. The lowest BCUT2D eigenvalue weighted by Gasteiger charge is -2.06. The van der Waals surface area contributed by atoms with Gasteiger partial charge in [0.2, 0.25) is 0 Å². The zero-order valence-corrected chi connectivity index (χ0v) is 10.7. The molecule has 1 radical (unpaired) electrons. The largest absolute Gasteiger partial charge is 0.385 e. The lowest BCUT2D eigenvalue weighted by molar-refractivity contribution is 1.02. The van der Waals surface area contributed by atoms with Crippen molar-refractivity contribution in [1.29, 1.82) is 0 Å². The minimum absolute atomic E-state index is 0.682. The molecule has 1 nitrogen and oxygen atoms in total. The third-order valence-electron chi connectivity index (χ3n) is 2.38. The topological polar surface area (TPSA) is 12.0 Å². The summed E-state index contributed by atoms with van der Waals surface area (Å²) in [4.78, 5) is 0. The Balaban J connectivity index is 1.90. The Hall–Kier alpha value is -1.18. The van der Waals surface area contributed by atoms with E-state index in [9.17, 15) is 0 Å². The molecule has 1 N–H and O–H groups in total. The molecular weight excluding hydrogens is 253 g/mol. The summed E-state index contributed by atoms with van der Waals surface area (Å²) in [5.74, 6) is 0. The molecular formula is C14H12Cl2N. The highest BCUT2D eigenvalue weighted by Gasteiger charge is 1.98. The molecule has 0 fully saturated rings. The van der Waals surface area contributed by atoms with Gasteiger partial charge in [-0.15, -0.1) is 0 Å². The molecule has 2 rings (SSSR count). The molecule has 0 spiro atoms. The number of rotatable bonds is 4. The van der Waals surface area contributed by atoms with Crippen LogP contribution in [-0.4, -0.2) is 6.54 Å². The second kappa shape index (κ2) is 5.95. The summed E-state index contributed by atoms with van der Waals surface area (Å²) in [5.41, 5.74) is 2.23. The maximum atomic E-state index is 5.94. The maximum Gasteiger partial charge on any atom is 0.0423 e. The van der Waals surface area contributed by atoms with E-state index in [4.69, 9.17) is 23.2 Å². The summed E-state index contributed by atoms with van der Waals surface area (Å²) in [6.07, 6.45) is 0.888. The van der Waals surface area contributed by atoms with Gasteiger partial charge in [-0.1, -0.05) is 35.3 Å². The normalized spacial score (nSPS) is 10.2. The van der Waals surface area contributed by atoms with Crippen molar-refractivity contribution < 1.29 is 0 Å². The molecule has 0 saturated carbocycles. The first-order chi connectivity index (χ1) is 8.24. The van der Waals surface area contributed by atoms with Gasteiger partial charge >= 0.3 is 0 Å². The molecule has 0 aliphatic carbocycles. The van der Waals surface area contributed by atoms with Crippen LogP contribution in [0.4, 0.5) is 5.69 Å². The third-order valence-corrected chi connectivity index (χ3v) is 2.82. The lowest BCUT2D eigenvalue weighted by atomic mass is 10.1. The molecule has 17 heavy (non-hydrogen) atoms. The monoisotopic (exact) mass is 264 g/mol. The average Bonchev–Trinajstić information content (AvgIpc) is 2.29. The van der Waals surface area contributed by atoms with Gasteiger partial charge in [-0.05, 0) is 48.4 Å². The summed E-state index contributed by atoms with van der Waals surface area (Å²) in [7, 11) is 0. The van der Waals surface area contributed by atoms with Crippen LogP contribution < -0.4 is 5.32 Å². The summed E-state index contributed by atoms with van der Waals surface area (Å²) in [6.45, 7) is 0.848. The number of halogens is 2. The predicted octanol–water partition coefficient (Wildman–Crippen LogP) is 4.45. The Bertz CT molecular complexity index is 463. The van der Waals surface area contributed by atoms with Crippen LogP contribution in [0.5, 0.6) is 0 Å². The second-order valence-corrected chi connectivity index (χ2v) is 4.62. The average molecular weight is 265 g/mol. The van der Waals surface area contributed by atoms with E-state index >= 15 is 0 Å². The molecule has 0 unspecified atom stereocenters. The minimum Gasteiger partial charge on any atom is -0.385 e. The fraction of sp³-hybridized carbons (Fsp3) is 0.143. The van der Waals surface area contributed by atoms with Crippen LogP contribution in [0.1, 0.15) is 5.56 Å². The molecule has 0 aliphatic rings. The number of nitrogens with one attached hydrogen (secondary N) is 1. The standard InChI is InChI=1S/C14H12Cl2N/c15-12-8-11(9-13(16)10-12)6-7-17-14-4-2-1-3-5-14/h2-5,8-10,17H,6-7H2. The van der Waals surface area contributed by atoms with Gasteiger partial charge in [0, 0.05) is 22.3 Å². The molecule has 0 aliphatic heterocycles. The second-order valence-electron chi connectivity index (χ2n) is 3.74. The number of anilines is 1. The molecule has 0 saturated heterocycles. The Kier molecular flexibility index (Phi) is 4.29. The van der Waals surface area contributed by atoms with Gasteiger partial charge in [0.15, 0.2) is 0 Å². The highest BCUT2D eigenvalue weighted by atomic mass is 35.5. The van der Waals surface area contributed by atoms with Gasteiger partial charge in [-0.25, -0.2) is 0 Å². The summed E-state index contributed by atoms with van der Waals surface area (Å²) >= 11 is 11.9. The Morgan fingerprint density at radius 2 is 1.65 bits per heavy atom. The Labute approximate surface area is 111 Å². The van der Waals surface area contributed by atoms with Crippen LogP contribution in [0.15, 0.2) is 42.5 Å². The summed E-state index contributed by atoms with van der Waals surface area (Å²) < 4.78 is 0. The molecule has 0 aromatic heterocycles. The summed E-state index contributed by atoms with van der Waals surface area (Å²) in [5, 5.41) is 4.69. The fourth-order valence-electron chi connectivity index (χ4n) is 1.61. The predicted molar refractivity (Wildman–Crippen MR) is 73.9 cm³/mol. The lowest BCUT2D eigenvalue weighted by Crippen LogP contribution is -2.04. The van der Waals surface area contributed by atoms with Crippen LogP contribution in [0, 0.1) is 6.07 Å². The van der Waals surface area contributed by atoms with E-state index in [-0.39, 0.29) is 0 Å². The third kappa shape index (κ3) is 3.95. The first-order valence-corrected chi connectivity index (χ1v) is 6.14. The van der Waals surface area contributed by atoms with Crippen LogP contribution in [0.2, 0.25) is 10.0 Å². The molecule has 0 bridgehead atoms. The van der Waals surface area contributed by atoms with Crippen molar-refractivity contribution in [3.63, 3.8) is 0 Å². The summed E-state index contributed by atoms with van der Waals surface area (Å²) in [6, 6.07) is 16.4. The van der Waals surface area contributed by atoms with E-state index in [0.29, 0.717) is 10.0 Å². The van der Waals surface area contributed by atoms with E-state index in [2.05, 4.69) is 11.4 Å². The van der Waals surface area contributed by atoms with Gasteiger partial charge in [-0.3, -0.25) is 0 Å². The van der Waals surface area contributed by atoms with Crippen LogP contribution in [0.25, 0.3) is 0 Å². The molecule has 3 heteroatoms. The molecule has 2 aromatic rings. The van der Waals surface area contributed by atoms with Gasteiger partial charge in [-0.2, -0.15) is 0 Å². The van der Waals surface area contributed by atoms with Crippen LogP contribution in [0.3, 0.4) is 0 Å². The molecule has 87 valence electrons. The van der Waals surface area contributed by atoms with E-state index in [1.54, 1.807) is 6.07 Å². The van der Waals surface area contributed by atoms with Crippen molar-refractivity contribution in [3.8, 4) is 0 Å². The highest BCUT2D eigenvalue weighted by molar-refractivity contribution is 6.34. The van der Waals surface area contributed by atoms with Crippen LogP contribution in [-0.2, 0) is 6.42 Å². The number of hydrogen-bond acceptors (Lipinski definition) is 1. The number of benzene rings is 2. The molecule has 0 amide bonds. The van der Waals surface area contributed by atoms with Crippen molar-refractivity contribution in [3.05, 3.63) is 64.1 Å². The van der Waals surface area contributed by atoms with E-state index in [1.165, 1.54) is 0 Å². The van der Waals surface area contributed by atoms with Gasteiger partial charge in [0.1, 0.15) is 0 Å². The zero-order chi connectivity index (χ0) is 12.1. The van der Waals surface area contributed by atoms with Crippen molar-refractivity contribution in [1.82, 2.24) is 0 Å². The van der Waals surface area contributed by atoms with E-state index in [0.717, 1.165) is 24.2 Å². The minimum atomic E-state index is 0.682. The zero-order valence-electron chi connectivity index (χ0n) is 9.21. The molecule has 2 aromatic carbocycles. The van der Waals surface area contributed by atoms with Crippen LogP contribution >= 0.6 is 23.2 Å². The first kappa shape index (κ1) is 12.3. The number of hydrogen-bond donors (Lipinski definition) is 1. The van der Waals surface area contributed by atoms with Crippen molar-refractivity contribution in [2.45, 2.75) is 6.42 Å². The van der Waals surface area contributed by atoms with Crippen molar-refractivity contribution in [2.24, 2.45) is 0 Å².